The summed E-state index contributed by atoms with van der Waals surface area (Å²) in [4.78, 5) is 20.6. The Morgan fingerprint density at radius 2 is 2.00 bits per heavy atom. The van der Waals surface area contributed by atoms with E-state index >= 15 is 0 Å². The SMILES string of the molecule is COC(=O)c1ccccc1Oc1nc(Nc2ccc3c(c2)COC3)ncc1Br. The van der Waals surface area contributed by atoms with Gasteiger partial charge in [-0.15, -0.1) is 0 Å². The molecule has 0 radical (unpaired) electrons. The van der Waals surface area contributed by atoms with Crippen molar-refractivity contribution in [3.8, 4) is 11.6 Å². The molecule has 1 aliphatic heterocycles. The number of rotatable bonds is 5. The molecular weight excluding hydrogens is 426 g/mol. The lowest BCUT2D eigenvalue weighted by atomic mass is 10.1. The number of fused-ring (bicyclic) bond motifs is 1. The van der Waals surface area contributed by atoms with Crippen LogP contribution >= 0.6 is 15.9 Å². The number of nitrogens with zero attached hydrogens (tertiary/aromatic N) is 2. The van der Waals surface area contributed by atoms with Gasteiger partial charge in [-0.2, -0.15) is 4.98 Å². The lowest BCUT2D eigenvalue weighted by molar-refractivity contribution is 0.0598. The zero-order valence-corrected chi connectivity index (χ0v) is 16.5. The molecule has 0 saturated carbocycles. The average molecular weight is 442 g/mol. The first-order valence-electron chi connectivity index (χ1n) is 8.48. The second-order valence-electron chi connectivity index (χ2n) is 6.04. The summed E-state index contributed by atoms with van der Waals surface area (Å²) in [5, 5.41) is 3.17. The molecule has 2 heterocycles. The molecule has 0 atom stereocenters. The molecule has 142 valence electrons. The van der Waals surface area contributed by atoms with Gasteiger partial charge in [0.05, 0.1) is 31.0 Å². The second-order valence-corrected chi connectivity index (χ2v) is 6.89. The number of carbonyl (C=O) groups excluding carboxylic acids is 1. The van der Waals surface area contributed by atoms with Crippen molar-refractivity contribution in [2.24, 2.45) is 0 Å². The maximum absolute atomic E-state index is 11.9. The molecule has 1 N–H and O–H groups in total. The number of methoxy groups -OCH3 is 1. The van der Waals surface area contributed by atoms with Gasteiger partial charge in [0.25, 0.3) is 0 Å². The van der Waals surface area contributed by atoms with Crippen molar-refractivity contribution in [3.63, 3.8) is 0 Å². The van der Waals surface area contributed by atoms with Crippen molar-refractivity contribution in [3.05, 3.63) is 69.8 Å². The number of nitrogens with one attached hydrogen (secondary N) is 1. The first kappa shape index (κ1) is 18.4. The maximum Gasteiger partial charge on any atom is 0.341 e. The van der Waals surface area contributed by atoms with Crippen molar-refractivity contribution in [2.45, 2.75) is 13.2 Å². The highest BCUT2D eigenvalue weighted by molar-refractivity contribution is 9.10. The highest BCUT2D eigenvalue weighted by Crippen LogP contribution is 2.31. The van der Waals surface area contributed by atoms with Gasteiger partial charge in [0.1, 0.15) is 11.3 Å². The molecule has 0 fully saturated rings. The highest BCUT2D eigenvalue weighted by atomic mass is 79.9. The fourth-order valence-corrected chi connectivity index (χ4v) is 3.07. The Morgan fingerprint density at radius 1 is 1.18 bits per heavy atom. The minimum atomic E-state index is -0.487. The molecule has 8 heteroatoms. The predicted octanol–water partition coefficient (Wildman–Crippen LogP) is 4.59. The van der Waals surface area contributed by atoms with Crippen LogP contribution in [0.25, 0.3) is 0 Å². The molecule has 2 aromatic carbocycles. The minimum Gasteiger partial charge on any atom is -0.465 e. The summed E-state index contributed by atoms with van der Waals surface area (Å²) < 4.78 is 16.6. The number of ether oxygens (including phenoxy) is 3. The van der Waals surface area contributed by atoms with Gasteiger partial charge in [0, 0.05) is 5.69 Å². The van der Waals surface area contributed by atoms with Gasteiger partial charge < -0.3 is 19.5 Å². The van der Waals surface area contributed by atoms with E-state index in [-0.39, 0.29) is 5.88 Å². The molecule has 0 amide bonds. The van der Waals surface area contributed by atoms with Crippen LogP contribution in [0.1, 0.15) is 21.5 Å². The van der Waals surface area contributed by atoms with E-state index in [0.29, 0.717) is 34.9 Å². The lowest BCUT2D eigenvalue weighted by Gasteiger charge is -2.12. The van der Waals surface area contributed by atoms with Crippen LogP contribution in [0.3, 0.4) is 0 Å². The van der Waals surface area contributed by atoms with E-state index in [9.17, 15) is 4.79 Å². The van der Waals surface area contributed by atoms with Gasteiger partial charge in [-0.05, 0) is 51.3 Å². The number of anilines is 2. The molecule has 0 saturated heterocycles. The van der Waals surface area contributed by atoms with E-state index in [0.717, 1.165) is 11.3 Å². The summed E-state index contributed by atoms with van der Waals surface area (Å²) in [7, 11) is 1.32. The molecule has 0 aliphatic carbocycles. The van der Waals surface area contributed by atoms with E-state index in [1.165, 1.54) is 12.7 Å². The van der Waals surface area contributed by atoms with Crippen LogP contribution in [-0.2, 0) is 22.7 Å². The fourth-order valence-electron chi connectivity index (χ4n) is 2.80. The molecule has 7 nitrogen and oxygen atoms in total. The smallest absolute Gasteiger partial charge is 0.341 e. The van der Waals surface area contributed by atoms with Crippen molar-refractivity contribution < 1.29 is 19.0 Å². The minimum absolute atomic E-state index is 0.276. The van der Waals surface area contributed by atoms with Crippen molar-refractivity contribution in [2.75, 3.05) is 12.4 Å². The van der Waals surface area contributed by atoms with E-state index in [1.54, 1.807) is 30.5 Å². The van der Waals surface area contributed by atoms with Gasteiger partial charge in [0.2, 0.25) is 11.8 Å². The number of hydrogen-bond donors (Lipinski definition) is 1. The third kappa shape index (κ3) is 3.83. The van der Waals surface area contributed by atoms with Crippen LogP contribution in [0.5, 0.6) is 11.6 Å². The van der Waals surface area contributed by atoms with Gasteiger partial charge in [-0.3, -0.25) is 0 Å². The zero-order chi connectivity index (χ0) is 19.5. The second kappa shape index (κ2) is 7.95. The summed E-state index contributed by atoms with van der Waals surface area (Å²) in [5.74, 6) is 0.500. The van der Waals surface area contributed by atoms with E-state index in [1.807, 2.05) is 18.2 Å². The summed E-state index contributed by atoms with van der Waals surface area (Å²) in [5.41, 5.74) is 3.49. The highest BCUT2D eigenvalue weighted by Gasteiger charge is 2.16. The Labute approximate surface area is 169 Å². The van der Waals surface area contributed by atoms with Gasteiger partial charge in [-0.25, -0.2) is 9.78 Å². The Morgan fingerprint density at radius 3 is 2.86 bits per heavy atom. The normalized spacial score (nSPS) is 12.4. The van der Waals surface area contributed by atoms with E-state index < -0.39 is 5.97 Å². The predicted molar refractivity (Wildman–Crippen MR) is 106 cm³/mol. The number of hydrogen-bond acceptors (Lipinski definition) is 7. The molecule has 28 heavy (non-hydrogen) atoms. The largest absolute Gasteiger partial charge is 0.465 e. The third-order valence-electron chi connectivity index (χ3n) is 4.19. The molecule has 4 rings (SSSR count). The first-order chi connectivity index (χ1) is 13.6. The first-order valence-corrected chi connectivity index (χ1v) is 9.27. The van der Waals surface area contributed by atoms with Gasteiger partial charge in [-0.1, -0.05) is 18.2 Å². The quantitative estimate of drug-likeness (QED) is 0.579. The van der Waals surface area contributed by atoms with Crippen LogP contribution in [0.15, 0.2) is 53.1 Å². The van der Waals surface area contributed by atoms with Crippen molar-refractivity contribution in [1.29, 1.82) is 0 Å². The van der Waals surface area contributed by atoms with Crippen LogP contribution in [0.4, 0.5) is 11.6 Å². The van der Waals surface area contributed by atoms with Gasteiger partial charge in [0.15, 0.2) is 0 Å². The molecule has 3 aromatic rings. The molecule has 1 aliphatic rings. The number of carbonyl (C=O) groups is 1. The zero-order valence-electron chi connectivity index (χ0n) is 14.9. The molecule has 0 spiro atoms. The molecular formula is C20H16BrN3O4. The van der Waals surface area contributed by atoms with E-state index in [2.05, 4.69) is 31.2 Å². The number of aromatic nitrogens is 2. The monoisotopic (exact) mass is 441 g/mol. The molecule has 0 bridgehead atoms. The third-order valence-corrected chi connectivity index (χ3v) is 4.73. The Bertz CT molecular complexity index is 1040. The summed E-state index contributed by atoms with van der Waals surface area (Å²) in [6.07, 6.45) is 1.59. The van der Waals surface area contributed by atoms with E-state index in [4.69, 9.17) is 14.2 Å². The lowest BCUT2D eigenvalue weighted by Crippen LogP contribution is -2.05. The Hall–Kier alpha value is -2.97. The Kier molecular flexibility index (Phi) is 5.23. The fraction of sp³-hybridized carbons (Fsp3) is 0.150. The number of benzene rings is 2. The maximum atomic E-state index is 11.9. The standard InChI is InChI=1S/C20H16BrN3O4/c1-26-19(25)15-4-2-3-5-17(15)28-18-16(21)9-22-20(24-18)23-14-7-6-12-10-27-11-13(12)8-14/h2-9H,10-11H2,1H3,(H,22,23,24). The average Bonchev–Trinajstić information content (AvgIpc) is 3.18. The molecule has 1 aromatic heterocycles. The summed E-state index contributed by atoms with van der Waals surface area (Å²) in [6, 6.07) is 12.8. The number of para-hydroxylation sites is 1. The Balaban J connectivity index is 1.59. The van der Waals surface area contributed by atoms with Crippen LogP contribution in [0.2, 0.25) is 0 Å². The van der Waals surface area contributed by atoms with Crippen LogP contribution < -0.4 is 10.1 Å². The van der Waals surface area contributed by atoms with Crippen LogP contribution in [-0.4, -0.2) is 23.0 Å². The number of halogens is 1. The topological polar surface area (TPSA) is 82.6 Å². The number of esters is 1. The van der Waals surface area contributed by atoms with Crippen molar-refractivity contribution >= 4 is 33.5 Å². The molecule has 0 unspecified atom stereocenters. The van der Waals surface area contributed by atoms with Crippen molar-refractivity contribution in [1.82, 2.24) is 9.97 Å². The summed E-state index contributed by atoms with van der Waals surface area (Å²) in [6.45, 7) is 1.24. The van der Waals surface area contributed by atoms with Crippen LogP contribution in [0, 0.1) is 0 Å². The summed E-state index contributed by atoms with van der Waals surface area (Å²) >= 11 is 3.38. The van der Waals surface area contributed by atoms with Gasteiger partial charge >= 0.3 is 5.97 Å².